The lowest BCUT2D eigenvalue weighted by molar-refractivity contribution is -0.118. The van der Waals surface area contributed by atoms with E-state index in [4.69, 9.17) is 0 Å². The van der Waals surface area contributed by atoms with E-state index >= 15 is 0 Å². The van der Waals surface area contributed by atoms with Crippen LogP contribution in [0.15, 0.2) is 36.9 Å². The molecule has 2 N–H and O–H groups in total. The van der Waals surface area contributed by atoms with Crippen molar-refractivity contribution in [3.05, 3.63) is 42.5 Å². The molecule has 0 bridgehead atoms. The van der Waals surface area contributed by atoms with Gasteiger partial charge >= 0.3 is 6.03 Å². The van der Waals surface area contributed by atoms with Crippen LogP contribution in [0, 0.1) is 0 Å². The number of carbonyl (C=O) groups excluding carboxylic acids is 2. The van der Waals surface area contributed by atoms with Gasteiger partial charge in [0, 0.05) is 18.8 Å². The molecule has 1 aliphatic rings. The first-order chi connectivity index (χ1) is 9.20. The lowest BCUT2D eigenvalue weighted by Crippen LogP contribution is -2.44. The van der Waals surface area contributed by atoms with Crippen molar-refractivity contribution < 1.29 is 9.59 Å². The minimum Gasteiger partial charge on any atom is -0.362 e. The number of nitrogens with zero attached hydrogens (tertiary/aromatic N) is 1. The number of hydrogen-bond donors (Lipinski definition) is 2. The fraction of sp³-hybridized carbons (Fsp3) is 0.286. The van der Waals surface area contributed by atoms with Crippen molar-refractivity contribution in [3.63, 3.8) is 0 Å². The van der Waals surface area contributed by atoms with Gasteiger partial charge in [-0.15, -0.1) is 6.58 Å². The Morgan fingerprint density at radius 1 is 1.37 bits per heavy atom. The Kier molecular flexibility index (Phi) is 4.18. The highest BCUT2D eigenvalue weighted by molar-refractivity contribution is 5.96. The molecule has 0 fully saturated rings. The maximum absolute atomic E-state index is 11.7. The molecule has 0 radical (unpaired) electrons. The molecule has 5 heteroatoms. The Morgan fingerprint density at radius 2 is 2.16 bits per heavy atom. The van der Waals surface area contributed by atoms with E-state index in [1.165, 1.54) is 5.56 Å². The maximum atomic E-state index is 11.7. The largest absolute Gasteiger partial charge is 0.362 e. The standard InChI is InChI=1S/C14H17N3O2/c1-2-8-15-14(19)16-13(18)10-17-9-7-11-5-3-4-6-12(11)17/h2-6H,1,7-10H2,(H2,15,16,18,19). The van der Waals surface area contributed by atoms with Crippen LogP contribution in [0.4, 0.5) is 10.5 Å². The van der Waals surface area contributed by atoms with Crippen LogP contribution in [0.3, 0.4) is 0 Å². The van der Waals surface area contributed by atoms with Gasteiger partial charge in [-0.1, -0.05) is 24.3 Å². The average molecular weight is 259 g/mol. The summed E-state index contributed by atoms with van der Waals surface area (Å²) >= 11 is 0. The third-order valence-electron chi connectivity index (χ3n) is 2.98. The number of anilines is 1. The topological polar surface area (TPSA) is 61.4 Å². The van der Waals surface area contributed by atoms with Crippen LogP contribution in [0.1, 0.15) is 5.56 Å². The average Bonchev–Trinajstić information content (AvgIpc) is 2.80. The first-order valence-corrected chi connectivity index (χ1v) is 6.22. The van der Waals surface area contributed by atoms with Gasteiger partial charge in [-0.25, -0.2) is 4.79 Å². The third-order valence-corrected chi connectivity index (χ3v) is 2.98. The number of imide groups is 1. The van der Waals surface area contributed by atoms with Gasteiger partial charge in [-0.3, -0.25) is 10.1 Å². The summed E-state index contributed by atoms with van der Waals surface area (Å²) in [5, 5.41) is 4.79. The number of fused-ring (bicyclic) bond motifs is 1. The number of amides is 3. The molecule has 0 saturated carbocycles. The molecule has 3 amide bonds. The molecule has 1 aromatic carbocycles. The molecule has 0 spiro atoms. The molecule has 5 nitrogen and oxygen atoms in total. The van der Waals surface area contributed by atoms with E-state index in [1.54, 1.807) is 6.08 Å². The van der Waals surface area contributed by atoms with Gasteiger partial charge in [0.25, 0.3) is 0 Å². The second-order valence-electron chi connectivity index (χ2n) is 4.35. The minimum absolute atomic E-state index is 0.193. The summed E-state index contributed by atoms with van der Waals surface area (Å²) in [6, 6.07) is 7.51. The van der Waals surface area contributed by atoms with Crippen LogP contribution in [-0.4, -0.2) is 31.6 Å². The molecule has 1 aliphatic heterocycles. The van der Waals surface area contributed by atoms with E-state index in [0.717, 1.165) is 18.7 Å². The quantitative estimate of drug-likeness (QED) is 0.795. The van der Waals surface area contributed by atoms with E-state index in [0.29, 0.717) is 6.54 Å². The summed E-state index contributed by atoms with van der Waals surface area (Å²) in [6.07, 6.45) is 2.49. The smallest absolute Gasteiger partial charge is 0.321 e. The number of hydrogen-bond acceptors (Lipinski definition) is 3. The minimum atomic E-state index is -0.489. The van der Waals surface area contributed by atoms with Gasteiger partial charge in [0.05, 0.1) is 6.54 Å². The van der Waals surface area contributed by atoms with Crippen LogP contribution in [0.25, 0.3) is 0 Å². The molecule has 0 aromatic heterocycles. The molecule has 19 heavy (non-hydrogen) atoms. The van der Waals surface area contributed by atoms with E-state index < -0.39 is 6.03 Å². The number of urea groups is 1. The summed E-state index contributed by atoms with van der Waals surface area (Å²) in [6.45, 7) is 4.82. The SMILES string of the molecule is C=CCNC(=O)NC(=O)CN1CCc2ccccc21. The number of carbonyl (C=O) groups is 2. The molecule has 2 rings (SSSR count). The fourth-order valence-electron chi connectivity index (χ4n) is 2.12. The van der Waals surface area contributed by atoms with Gasteiger partial charge in [-0.2, -0.15) is 0 Å². The fourth-order valence-corrected chi connectivity index (χ4v) is 2.12. The van der Waals surface area contributed by atoms with Crippen molar-refractivity contribution in [2.45, 2.75) is 6.42 Å². The number of rotatable bonds is 4. The Morgan fingerprint density at radius 3 is 2.95 bits per heavy atom. The third kappa shape index (κ3) is 3.34. The van der Waals surface area contributed by atoms with E-state index in [9.17, 15) is 9.59 Å². The molecular weight excluding hydrogens is 242 g/mol. The van der Waals surface area contributed by atoms with Crippen LogP contribution in [0.5, 0.6) is 0 Å². The van der Waals surface area contributed by atoms with Crippen molar-refractivity contribution in [3.8, 4) is 0 Å². The summed E-state index contributed by atoms with van der Waals surface area (Å²) < 4.78 is 0. The highest BCUT2D eigenvalue weighted by Crippen LogP contribution is 2.26. The molecule has 0 saturated heterocycles. The van der Waals surface area contributed by atoms with Crippen LogP contribution in [-0.2, 0) is 11.2 Å². The van der Waals surface area contributed by atoms with Crippen molar-refractivity contribution in [2.75, 3.05) is 24.5 Å². The second kappa shape index (κ2) is 6.04. The van der Waals surface area contributed by atoms with Crippen molar-refractivity contribution in [1.82, 2.24) is 10.6 Å². The highest BCUT2D eigenvalue weighted by atomic mass is 16.2. The van der Waals surface area contributed by atoms with Crippen molar-refractivity contribution in [1.29, 1.82) is 0 Å². The second-order valence-corrected chi connectivity index (χ2v) is 4.35. The maximum Gasteiger partial charge on any atom is 0.321 e. The summed E-state index contributed by atoms with van der Waals surface area (Å²) in [5.74, 6) is -0.307. The normalized spacial score (nSPS) is 12.7. The summed E-state index contributed by atoms with van der Waals surface area (Å²) in [5.41, 5.74) is 2.32. The Hall–Kier alpha value is -2.30. The summed E-state index contributed by atoms with van der Waals surface area (Å²) in [7, 11) is 0. The predicted octanol–water partition coefficient (Wildman–Crippen LogP) is 1.06. The molecule has 0 unspecified atom stereocenters. The van der Waals surface area contributed by atoms with Gasteiger partial charge in [0.1, 0.15) is 0 Å². The predicted molar refractivity (Wildman–Crippen MR) is 74.1 cm³/mol. The van der Waals surface area contributed by atoms with Gasteiger partial charge in [0.2, 0.25) is 5.91 Å². The number of benzene rings is 1. The summed E-state index contributed by atoms with van der Waals surface area (Å²) in [4.78, 5) is 25.0. The lowest BCUT2D eigenvalue weighted by Gasteiger charge is -2.18. The van der Waals surface area contributed by atoms with Gasteiger partial charge < -0.3 is 10.2 Å². The molecular formula is C14H17N3O2. The van der Waals surface area contributed by atoms with Gasteiger partial charge in [-0.05, 0) is 18.1 Å². The Bertz CT molecular complexity index is 499. The zero-order valence-corrected chi connectivity index (χ0v) is 10.7. The molecule has 0 atom stereocenters. The van der Waals surface area contributed by atoms with E-state index in [1.807, 2.05) is 23.1 Å². The zero-order chi connectivity index (χ0) is 13.7. The first-order valence-electron chi connectivity index (χ1n) is 6.22. The van der Waals surface area contributed by atoms with E-state index in [2.05, 4.69) is 23.3 Å². The number of para-hydroxylation sites is 1. The highest BCUT2D eigenvalue weighted by Gasteiger charge is 2.20. The monoisotopic (exact) mass is 259 g/mol. The van der Waals surface area contributed by atoms with E-state index in [-0.39, 0.29) is 12.5 Å². The van der Waals surface area contributed by atoms with Gasteiger partial charge in [0.15, 0.2) is 0 Å². The lowest BCUT2D eigenvalue weighted by atomic mass is 10.2. The molecule has 100 valence electrons. The molecule has 0 aliphatic carbocycles. The Labute approximate surface area is 112 Å². The number of nitrogens with one attached hydrogen (secondary N) is 2. The van der Waals surface area contributed by atoms with Crippen LogP contribution >= 0.6 is 0 Å². The van der Waals surface area contributed by atoms with Crippen LogP contribution in [0.2, 0.25) is 0 Å². The first kappa shape index (κ1) is 13.1. The Balaban J connectivity index is 1.87. The molecule has 1 heterocycles. The molecule has 1 aromatic rings. The van der Waals surface area contributed by atoms with Crippen molar-refractivity contribution in [2.24, 2.45) is 0 Å². The zero-order valence-electron chi connectivity index (χ0n) is 10.7. The van der Waals surface area contributed by atoms with Crippen molar-refractivity contribution >= 4 is 17.6 Å². The van der Waals surface area contributed by atoms with Crippen LogP contribution < -0.4 is 15.5 Å².